The lowest BCUT2D eigenvalue weighted by molar-refractivity contribution is -0.123. The van der Waals surface area contributed by atoms with Crippen molar-refractivity contribution in [3.05, 3.63) is 71.3 Å². The molecular weight excluding hydrogens is 336 g/mol. The van der Waals surface area contributed by atoms with Crippen LogP contribution in [0.15, 0.2) is 54.6 Å². The van der Waals surface area contributed by atoms with Crippen LogP contribution >= 0.6 is 0 Å². The Hall–Kier alpha value is -2.62. The Labute approximate surface area is 162 Å². The molecule has 2 N–H and O–H groups in total. The monoisotopic (exact) mass is 366 g/mol. The van der Waals surface area contributed by atoms with Crippen molar-refractivity contribution >= 4 is 11.8 Å². The van der Waals surface area contributed by atoms with Crippen LogP contribution in [0.4, 0.5) is 0 Å². The highest BCUT2D eigenvalue weighted by molar-refractivity contribution is 5.97. The summed E-state index contributed by atoms with van der Waals surface area (Å²) >= 11 is 0. The molecule has 2 rings (SSSR count). The summed E-state index contributed by atoms with van der Waals surface area (Å²) in [5.74, 6) is 0.266. The van der Waals surface area contributed by atoms with Gasteiger partial charge in [-0.05, 0) is 42.0 Å². The highest BCUT2D eigenvalue weighted by atomic mass is 16.2. The maximum absolute atomic E-state index is 12.6. The smallest absolute Gasteiger partial charge is 0.251 e. The molecule has 27 heavy (non-hydrogen) atoms. The highest BCUT2D eigenvalue weighted by Gasteiger charge is 2.23. The third-order valence-electron chi connectivity index (χ3n) is 4.70. The van der Waals surface area contributed by atoms with Gasteiger partial charge in [-0.1, -0.05) is 70.2 Å². The van der Waals surface area contributed by atoms with Crippen LogP contribution in [0.5, 0.6) is 0 Å². The summed E-state index contributed by atoms with van der Waals surface area (Å²) in [4.78, 5) is 24.9. The lowest BCUT2D eigenvalue weighted by atomic mass is 9.93. The van der Waals surface area contributed by atoms with E-state index in [0.29, 0.717) is 11.5 Å². The van der Waals surface area contributed by atoms with Gasteiger partial charge in [-0.15, -0.1) is 0 Å². The molecule has 0 bridgehead atoms. The van der Waals surface area contributed by atoms with E-state index in [1.807, 2.05) is 6.07 Å². The fourth-order valence-corrected chi connectivity index (χ4v) is 2.94. The summed E-state index contributed by atoms with van der Waals surface area (Å²) in [6.45, 7) is 10.2. The molecule has 0 radical (unpaired) electrons. The molecule has 2 amide bonds. The maximum atomic E-state index is 12.6. The van der Waals surface area contributed by atoms with Crippen molar-refractivity contribution in [2.75, 3.05) is 0 Å². The van der Waals surface area contributed by atoms with Crippen molar-refractivity contribution in [2.45, 2.75) is 52.6 Å². The van der Waals surface area contributed by atoms with E-state index in [2.05, 4.69) is 62.6 Å². The van der Waals surface area contributed by atoms with E-state index in [0.717, 1.165) is 5.56 Å². The standard InChI is InChI=1S/C23H30N2O2/c1-15(2)18-11-13-19(14-12-18)21(16(3)4)25-22(26)17(5)24-23(27)20-9-7-6-8-10-20/h6-17,21H,1-5H3,(H,24,27)(H,25,26). The molecule has 2 aromatic rings. The van der Waals surface area contributed by atoms with Crippen LogP contribution in [0, 0.1) is 5.92 Å². The van der Waals surface area contributed by atoms with Gasteiger partial charge < -0.3 is 10.6 Å². The average Bonchev–Trinajstić information content (AvgIpc) is 2.66. The zero-order valence-electron chi connectivity index (χ0n) is 16.8. The van der Waals surface area contributed by atoms with Crippen molar-refractivity contribution in [2.24, 2.45) is 5.92 Å². The maximum Gasteiger partial charge on any atom is 0.251 e. The molecule has 2 aromatic carbocycles. The summed E-state index contributed by atoms with van der Waals surface area (Å²) in [5.41, 5.74) is 2.89. The largest absolute Gasteiger partial charge is 0.347 e. The predicted octanol–water partition coefficient (Wildman–Crippen LogP) is 4.44. The Kier molecular flexibility index (Phi) is 7.17. The van der Waals surface area contributed by atoms with E-state index < -0.39 is 6.04 Å². The molecule has 0 aromatic heterocycles. The van der Waals surface area contributed by atoms with Gasteiger partial charge in [0.2, 0.25) is 5.91 Å². The SMILES string of the molecule is CC(NC(=O)c1ccccc1)C(=O)NC(c1ccc(C(C)C)cc1)C(C)C. The topological polar surface area (TPSA) is 58.2 Å². The van der Waals surface area contributed by atoms with Crippen LogP contribution in [0.25, 0.3) is 0 Å². The van der Waals surface area contributed by atoms with Gasteiger partial charge in [0.1, 0.15) is 6.04 Å². The normalized spacial score (nSPS) is 13.3. The number of nitrogens with one attached hydrogen (secondary N) is 2. The number of carbonyl (C=O) groups excluding carboxylic acids is 2. The lowest BCUT2D eigenvalue weighted by Crippen LogP contribution is -2.46. The van der Waals surface area contributed by atoms with Crippen LogP contribution in [-0.4, -0.2) is 17.9 Å². The van der Waals surface area contributed by atoms with Gasteiger partial charge in [-0.2, -0.15) is 0 Å². The fraction of sp³-hybridized carbons (Fsp3) is 0.391. The number of benzene rings is 2. The molecule has 0 aliphatic carbocycles. The predicted molar refractivity (Wildman–Crippen MR) is 110 cm³/mol. The minimum absolute atomic E-state index is 0.102. The Bertz CT molecular complexity index is 752. The van der Waals surface area contributed by atoms with Gasteiger partial charge >= 0.3 is 0 Å². The summed E-state index contributed by atoms with van der Waals surface area (Å²) < 4.78 is 0. The molecule has 2 unspecified atom stereocenters. The fourth-order valence-electron chi connectivity index (χ4n) is 2.94. The zero-order chi connectivity index (χ0) is 20.0. The third-order valence-corrected chi connectivity index (χ3v) is 4.70. The summed E-state index contributed by atoms with van der Waals surface area (Å²) in [5, 5.41) is 5.85. The number of carbonyl (C=O) groups is 2. The van der Waals surface area contributed by atoms with E-state index in [1.54, 1.807) is 31.2 Å². The van der Waals surface area contributed by atoms with Crippen LogP contribution in [0.1, 0.15) is 68.1 Å². The molecule has 4 heteroatoms. The van der Waals surface area contributed by atoms with E-state index in [4.69, 9.17) is 0 Å². The average molecular weight is 367 g/mol. The van der Waals surface area contributed by atoms with E-state index in [1.165, 1.54) is 5.56 Å². The molecule has 144 valence electrons. The summed E-state index contributed by atoms with van der Waals surface area (Å²) in [7, 11) is 0. The van der Waals surface area contributed by atoms with E-state index in [-0.39, 0.29) is 23.8 Å². The van der Waals surface area contributed by atoms with Gasteiger partial charge in [0.15, 0.2) is 0 Å². The Morgan fingerprint density at radius 2 is 1.30 bits per heavy atom. The molecule has 0 aliphatic rings. The van der Waals surface area contributed by atoms with Crippen molar-refractivity contribution < 1.29 is 9.59 Å². The number of rotatable bonds is 7. The zero-order valence-corrected chi connectivity index (χ0v) is 16.8. The molecule has 0 fully saturated rings. The first-order valence-electron chi connectivity index (χ1n) is 9.55. The lowest BCUT2D eigenvalue weighted by Gasteiger charge is -2.25. The first kappa shape index (κ1) is 20.7. The second-order valence-corrected chi connectivity index (χ2v) is 7.61. The minimum atomic E-state index is -0.617. The highest BCUT2D eigenvalue weighted by Crippen LogP contribution is 2.24. The first-order chi connectivity index (χ1) is 12.8. The molecule has 4 nitrogen and oxygen atoms in total. The number of hydrogen-bond donors (Lipinski definition) is 2. The quantitative estimate of drug-likeness (QED) is 0.761. The van der Waals surface area contributed by atoms with Gasteiger partial charge in [0, 0.05) is 5.56 Å². The second kappa shape index (κ2) is 9.36. The van der Waals surface area contributed by atoms with Crippen molar-refractivity contribution in [1.29, 1.82) is 0 Å². The summed E-state index contributed by atoms with van der Waals surface area (Å²) in [6, 6.07) is 16.6. The van der Waals surface area contributed by atoms with Crippen molar-refractivity contribution in [3.63, 3.8) is 0 Å². The van der Waals surface area contributed by atoms with Gasteiger partial charge in [-0.3, -0.25) is 9.59 Å². The van der Waals surface area contributed by atoms with E-state index >= 15 is 0 Å². The van der Waals surface area contributed by atoms with Gasteiger partial charge in [0.05, 0.1) is 6.04 Å². The molecule has 2 atom stereocenters. The molecule has 0 saturated carbocycles. The molecule has 0 spiro atoms. The number of hydrogen-bond acceptors (Lipinski definition) is 2. The van der Waals surface area contributed by atoms with Crippen molar-refractivity contribution in [3.8, 4) is 0 Å². The Morgan fingerprint density at radius 3 is 1.81 bits per heavy atom. The van der Waals surface area contributed by atoms with Gasteiger partial charge in [-0.25, -0.2) is 0 Å². The van der Waals surface area contributed by atoms with Crippen LogP contribution in [-0.2, 0) is 4.79 Å². The van der Waals surface area contributed by atoms with Crippen LogP contribution < -0.4 is 10.6 Å². The van der Waals surface area contributed by atoms with Gasteiger partial charge in [0.25, 0.3) is 5.91 Å². The summed E-state index contributed by atoms with van der Waals surface area (Å²) in [6.07, 6.45) is 0. The van der Waals surface area contributed by atoms with Crippen LogP contribution in [0.2, 0.25) is 0 Å². The molecular formula is C23H30N2O2. The van der Waals surface area contributed by atoms with Crippen molar-refractivity contribution in [1.82, 2.24) is 10.6 Å². The van der Waals surface area contributed by atoms with E-state index in [9.17, 15) is 9.59 Å². The Morgan fingerprint density at radius 1 is 0.741 bits per heavy atom. The molecule has 0 heterocycles. The van der Waals surface area contributed by atoms with Crippen LogP contribution in [0.3, 0.4) is 0 Å². The number of amides is 2. The minimum Gasteiger partial charge on any atom is -0.347 e. The second-order valence-electron chi connectivity index (χ2n) is 7.61. The Balaban J connectivity index is 2.04. The molecule has 0 aliphatic heterocycles. The first-order valence-corrected chi connectivity index (χ1v) is 9.55. The molecule has 0 saturated heterocycles. The third kappa shape index (κ3) is 5.68.